The van der Waals surface area contributed by atoms with Crippen molar-refractivity contribution in [2.45, 2.75) is 38.4 Å². The summed E-state index contributed by atoms with van der Waals surface area (Å²) in [6, 6.07) is 4.29. The zero-order valence-electron chi connectivity index (χ0n) is 12.5. The minimum absolute atomic E-state index is 0.0777. The van der Waals surface area contributed by atoms with Crippen LogP contribution in [0.25, 0.3) is 0 Å². The second-order valence-corrected chi connectivity index (χ2v) is 7.29. The number of hydrogen-bond acceptors (Lipinski definition) is 4. The van der Waals surface area contributed by atoms with Crippen molar-refractivity contribution in [3.8, 4) is 0 Å². The van der Waals surface area contributed by atoms with Crippen LogP contribution in [-0.4, -0.2) is 47.9 Å². The van der Waals surface area contributed by atoms with Crippen LogP contribution in [0.2, 0.25) is 0 Å². The largest absolute Gasteiger partial charge is 0.319 e. The number of carbonyl (C=O) groups is 1. The molecule has 1 aliphatic heterocycles. The van der Waals surface area contributed by atoms with Crippen molar-refractivity contribution in [1.82, 2.24) is 15.1 Å². The van der Waals surface area contributed by atoms with E-state index in [0.29, 0.717) is 5.91 Å². The SMILES string of the molecule is CCN(C)CCN1C(=O)C2(CC2)NC1c1ccc(C)s1. The van der Waals surface area contributed by atoms with Crippen LogP contribution in [0, 0.1) is 6.92 Å². The minimum Gasteiger partial charge on any atom is -0.319 e. The molecule has 2 heterocycles. The molecule has 20 heavy (non-hydrogen) atoms. The highest BCUT2D eigenvalue weighted by atomic mass is 32.1. The van der Waals surface area contributed by atoms with Gasteiger partial charge in [-0.25, -0.2) is 0 Å². The molecule has 1 saturated heterocycles. The van der Waals surface area contributed by atoms with E-state index >= 15 is 0 Å². The molecule has 1 saturated carbocycles. The van der Waals surface area contributed by atoms with E-state index in [9.17, 15) is 4.79 Å². The Bertz CT molecular complexity index is 509. The minimum atomic E-state index is -0.229. The summed E-state index contributed by atoms with van der Waals surface area (Å²) >= 11 is 1.79. The summed E-state index contributed by atoms with van der Waals surface area (Å²) in [5.41, 5.74) is -0.229. The van der Waals surface area contributed by atoms with Gasteiger partial charge in [0.15, 0.2) is 0 Å². The number of carbonyl (C=O) groups excluding carboxylic acids is 1. The number of nitrogens with one attached hydrogen (secondary N) is 1. The van der Waals surface area contributed by atoms with E-state index in [4.69, 9.17) is 0 Å². The van der Waals surface area contributed by atoms with Crippen molar-refractivity contribution in [2.75, 3.05) is 26.7 Å². The van der Waals surface area contributed by atoms with Gasteiger partial charge in [0.2, 0.25) is 5.91 Å². The maximum atomic E-state index is 12.6. The van der Waals surface area contributed by atoms with E-state index < -0.39 is 0 Å². The Kier molecular flexibility index (Phi) is 3.60. The van der Waals surface area contributed by atoms with E-state index in [2.05, 4.69) is 43.2 Å². The predicted octanol–water partition coefficient (Wildman–Crippen LogP) is 1.97. The van der Waals surface area contributed by atoms with Gasteiger partial charge in [0.05, 0.1) is 0 Å². The highest BCUT2D eigenvalue weighted by Crippen LogP contribution is 2.46. The van der Waals surface area contributed by atoms with E-state index in [1.165, 1.54) is 9.75 Å². The first-order valence-corrected chi connectivity index (χ1v) is 8.21. The van der Waals surface area contributed by atoms with Crippen molar-refractivity contribution in [1.29, 1.82) is 0 Å². The monoisotopic (exact) mass is 293 g/mol. The number of thiophene rings is 1. The lowest BCUT2D eigenvalue weighted by atomic mass is 10.3. The topological polar surface area (TPSA) is 35.6 Å². The van der Waals surface area contributed by atoms with Gasteiger partial charge in [-0.3, -0.25) is 10.1 Å². The van der Waals surface area contributed by atoms with Gasteiger partial charge in [-0.05, 0) is 45.5 Å². The Balaban J connectivity index is 1.78. The van der Waals surface area contributed by atoms with Crippen LogP contribution in [0.1, 0.15) is 35.7 Å². The Hall–Kier alpha value is -0.910. The quantitative estimate of drug-likeness (QED) is 0.901. The summed E-state index contributed by atoms with van der Waals surface area (Å²) in [6.07, 6.45) is 2.06. The Morgan fingerprint density at radius 1 is 1.50 bits per heavy atom. The zero-order chi connectivity index (χ0) is 14.3. The molecule has 1 aromatic rings. The molecule has 110 valence electrons. The van der Waals surface area contributed by atoms with Crippen molar-refractivity contribution >= 4 is 17.2 Å². The van der Waals surface area contributed by atoms with Crippen LogP contribution in [0.15, 0.2) is 12.1 Å². The van der Waals surface area contributed by atoms with Gasteiger partial charge >= 0.3 is 0 Å². The maximum Gasteiger partial charge on any atom is 0.244 e. The molecule has 1 aromatic heterocycles. The van der Waals surface area contributed by atoms with Crippen LogP contribution in [0.5, 0.6) is 0 Å². The first kappa shape index (κ1) is 14.0. The molecule has 1 spiro atoms. The van der Waals surface area contributed by atoms with Crippen LogP contribution in [0.3, 0.4) is 0 Å². The van der Waals surface area contributed by atoms with Gasteiger partial charge in [0, 0.05) is 22.8 Å². The number of likely N-dealkylation sites (N-methyl/N-ethyl adjacent to an activating group) is 1. The second kappa shape index (κ2) is 5.13. The molecule has 0 bridgehead atoms. The van der Waals surface area contributed by atoms with E-state index in [-0.39, 0.29) is 11.7 Å². The Labute approximate surface area is 124 Å². The number of aryl methyl sites for hydroxylation is 1. The summed E-state index contributed by atoms with van der Waals surface area (Å²) in [5, 5.41) is 3.58. The summed E-state index contributed by atoms with van der Waals surface area (Å²) < 4.78 is 0. The van der Waals surface area contributed by atoms with Gasteiger partial charge in [0.25, 0.3) is 0 Å². The lowest BCUT2D eigenvalue weighted by Crippen LogP contribution is -2.37. The van der Waals surface area contributed by atoms with E-state index in [0.717, 1.165) is 32.5 Å². The summed E-state index contributed by atoms with van der Waals surface area (Å²) in [7, 11) is 2.10. The van der Waals surface area contributed by atoms with Crippen molar-refractivity contribution in [2.24, 2.45) is 0 Å². The van der Waals surface area contributed by atoms with Crippen molar-refractivity contribution in [3.63, 3.8) is 0 Å². The van der Waals surface area contributed by atoms with E-state index in [1.807, 2.05) is 4.90 Å². The third kappa shape index (κ3) is 2.38. The Morgan fingerprint density at radius 3 is 2.80 bits per heavy atom. The molecule has 1 atom stereocenters. The van der Waals surface area contributed by atoms with Gasteiger partial charge in [-0.1, -0.05) is 6.92 Å². The fourth-order valence-corrected chi connectivity index (χ4v) is 3.71. The van der Waals surface area contributed by atoms with Crippen LogP contribution in [-0.2, 0) is 4.79 Å². The smallest absolute Gasteiger partial charge is 0.244 e. The number of nitrogens with zero attached hydrogens (tertiary/aromatic N) is 2. The third-order valence-electron chi connectivity index (χ3n) is 4.44. The highest BCUT2D eigenvalue weighted by molar-refractivity contribution is 7.12. The summed E-state index contributed by atoms with van der Waals surface area (Å²) in [6.45, 7) is 7.02. The number of hydrogen-bond donors (Lipinski definition) is 1. The van der Waals surface area contributed by atoms with Gasteiger partial charge in [-0.2, -0.15) is 0 Å². The first-order chi connectivity index (χ1) is 9.55. The standard InChI is InChI=1S/C15H23N3OS/c1-4-17(3)9-10-18-13(12-6-5-11(2)20-12)16-15(7-8-15)14(18)19/h5-6,13,16H,4,7-10H2,1-3H3. The fourth-order valence-electron chi connectivity index (χ4n) is 2.77. The molecule has 5 heteroatoms. The van der Waals surface area contributed by atoms with E-state index in [1.54, 1.807) is 11.3 Å². The molecule has 1 unspecified atom stereocenters. The zero-order valence-corrected chi connectivity index (χ0v) is 13.3. The first-order valence-electron chi connectivity index (χ1n) is 7.39. The number of rotatable bonds is 5. The Morgan fingerprint density at radius 2 is 2.25 bits per heavy atom. The molecule has 1 N–H and O–H groups in total. The normalized spacial score (nSPS) is 24.1. The highest BCUT2D eigenvalue weighted by Gasteiger charge is 2.59. The molecular weight excluding hydrogens is 270 g/mol. The van der Waals surface area contributed by atoms with Crippen molar-refractivity contribution in [3.05, 3.63) is 21.9 Å². The number of amides is 1. The molecule has 1 amide bonds. The molecule has 2 fully saturated rings. The lowest BCUT2D eigenvalue weighted by molar-refractivity contribution is -0.131. The molecule has 3 rings (SSSR count). The van der Waals surface area contributed by atoms with Crippen LogP contribution < -0.4 is 5.32 Å². The average Bonchev–Trinajstić information content (AvgIpc) is 3.02. The van der Waals surface area contributed by atoms with Crippen LogP contribution >= 0.6 is 11.3 Å². The third-order valence-corrected chi connectivity index (χ3v) is 5.49. The fraction of sp³-hybridized carbons (Fsp3) is 0.667. The molecule has 0 radical (unpaired) electrons. The van der Waals surface area contributed by atoms with Gasteiger partial charge in [-0.15, -0.1) is 11.3 Å². The molecule has 2 aliphatic rings. The molecule has 4 nitrogen and oxygen atoms in total. The molecule has 0 aromatic carbocycles. The second-order valence-electron chi connectivity index (χ2n) is 5.97. The van der Waals surface area contributed by atoms with Crippen molar-refractivity contribution < 1.29 is 4.79 Å². The van der Waals surface area contributed by atoms with Crippen LogP contribution in [0.4, 0.5) is 0 Å². The molecular formula is C15H23N3OS. The molecule has 1 aliphatic carbocycles. The van der Waals surface area contributed by atoms with Gasteiger partial charge < -0.3 is 9.80 Å². The average molecular weight is 293 g/mol. The summed E-state index contributed by atoms with van der Waals surface area (Å²) in [4.78, 5) is 19.5. The lowest BCUT2D eigenvalue weighted by Gasteiger charge is -2.25. The maximum absolute atomic E-state index is 12.6. The predicted molar refractivity (Wildman–Crippen MR) is 81.8 cm³/mol. The summed E-state index contributed by atoms with van der Waals surface area (Å²) in [5.74, 6) is 0.304. The van der Waals surface area contributed by atoms with Gasteiger partial charge in [0.1, 0.15) is 11.7 Å².